The lowest BCUT2D eigenvalue weighted by molar-refractivity contribution is -0.127. The lowest BCUT2D eigenvalue weighted by Crippen LogP contribution is -2.47. The zero-order valence-corrected chi connectivity index (χ0v) is 13.2. The normalized spacial score (nSPS) is 16.1. The maximum absolute atomic E-state index is 12.2. The van der Waals surface area contributed by atoms with Gasteiger partial charge in [0, 0.05) is 50.7 Å². The highest BCUT2D eigenvalue weighted by Crippen LogP contribution is 2.10. The molecule has 1 fully saturated rings. The fraction of sp³-hybridized carbons (Fsp3) is 0.353. The molecule has 0 bridgehead atoms. The van der Waals surface area contributed by atoms with E-state index in [1.165, 1.54) is 0 Å². The Morgan fingerprint density at radius 3 is 2.83 bits per heavy atom. The molecule has 3 rings (SSSR count). The van der Waals surface area contributed by atoms with E-state index in [9.17, 15) is 4.79 Å². The summed E-state index contributed by atoms with van der Waals surface area (Å²) in [5.41, 5.74) is 1.83. The summed E-state index contributed by atoms with van der Waals surface area (Å²) in [6, 6.07) is 5.73. The molecule has 1 saturated heterocycles. The molecule has 2 aromatic rings. The van der Waals surface area contributed by atoms with E-state index in [1.54, 1.807) is 24.5 Å². The van der Waals surface area contributed by atoms with Crippen molar-refractivity contribution in [2.24, 2.45) is 0 Å². The molecule has 23 heavy (non-hydrogen) atoms. The maximum Gasteiger partial charge on any atom is 0.246 e. The van der Waals surface area contributed by atoms with Crippen LogP contribution in [0.4, 0.5) is 0 Å². The van der Waals surface area contributed by atoms with Gasteiger partial charge in [-0.25, -0.2) is 0 Å². The second-order valence-corrected chi connectivity index (χ2v) is 5.66. The molecule has 0 atom stereocenters. The smallest absolute Gasteiger partial charge is 0.246 e. The molecule has 1 aliphatic heterocycles. The summed E-state index contributed by atoms with van der Waals surface area (Å²) >= 11 is 0. The molecular formula is C17H20N4O2. The van der Waals surface area contributed by atoms with Crippen LogP contribution < -0.4 is 0 Å². The highest BCUT2D eigenvalue weighted by atomic mass is 16.5. The molecule has 1 amide bonds. The van der Waals surface area contributed by atoms with Gasteiger partial charge in [0.25, 0.3) is 0 Å². The Kier molecular flexibility index (Phi) is 4.83. The third kappa shape index (κ3) is 4.26. The van der Waals surface area contributed by atoms with Crippen LogP contribution in [-0.2, 0) is 11.3 Å². The third-order valence-corrected chi connectivity index (χ3v) is 3.84. The van der Waals surface area contributed by atoms with E-state index in [4.69, 9.17) is 4.52 Å². The highest BCUT2D eigenvalue weighted by molar-refractivity contribution is 5.91. The number of pyridine rings is 1. The lowest BCUT2D eigenvalue weighted by atomic mass is 10.2. The summed E-state index contributed by atoms with van der Waals surface area (Å²) in [7, 11) is 0. The second-order valence-electron chi connectivity index (χ2n) is 5.66. The van der Waals surface area contributed by atoms with Crippen molar-refractivity contribution in [3.05, 3.63) is 53.7 Å². The Hall–Kier alpha value is -2.47. The second kappa shape index (κ2) is 7.19. The van der Waals surface area contributed by atoms with Crippen molar-refractivity contribution >= 4 is 12.0 Å². The van der Waals surface area contributed by atoms with Crippen LogP contribution in [0, 0.1) is 6.92 Å². The summed E-state index contributed by atoms with van der Waals surface area (Å²) in [5.74, 6) is 0.919. The van der Waals surface area contributed by atoms with Gasteiger partial charge in [0.1, 0.15) is 0 Å². The van der Waals surface area contributed by atoms with Crippen LogP contribution >= 0.6 is 0 Å². The van der Waals surface area contributed by atoms with Gasteiger partial charge in [0.15, 0.2) is 5.76 Å². The van der Waals surface area contributed by atoms with Crippen molar-refractivity contribution in [2.45, 2.75) is 13.5 Å². The van der Waals surface area contributed by atoms with E-state index in [0.29, 0.717) is 0 Å². The average Bonchev–Trinajstić information content (AvgIpc) is 2.99. The van der Waals surface area contributed by atoms with Gasteiger partial charge in [-0.3, -0.25) is 14.7 Å². The van der Waals surface area contributed by atoms with Crippen molar-refractivity contribution in [1.29, 1.82) is 0 Å². The summed E-state index contributed by atoms with van der Waals surface area (Å²) in [6.07, 6.45) is 6.88. The predicted octanol–water partition coefficient (Wildman–Crippen LogP) is 1.74. The van der Waals surface area contributed by atoms with Crippen LogP contribution in [0.15, 0.2) is 41.2 Å². The number of aromatic nitrogens is 2. The monoisotopic (exact) mass is 312 g/mol. The molecule has 0 aromatic carbocycles. The van der Waals surface area contributed by atoms with Gasteiger partial charge in [-0.1, -0.05) is 11.2 Å². The van der Waals surface area contributed by atoms with E-state index in [2.05, 4.69) is 15.0 Å². The van der Waals surface area contributed by atoms with Crippen molar-refractivity contribution in [3.8, 4) is 0 Å². The average molecular weight is 312 g/mol. The molecule has 6 nitrogen and oxygen atoms in total. The van der Waals surface area contributed by atoms with Crippen molar-refractivity contribution in [3.63, 3.8) is 0 Å². The van der Waals surface area contributed by atoms with E-state index in [1.807, 2.05) is 30.0 Å². The Labute approximate surface area is 135 Å². The molecule has 6 heteroatoms. The predicted molar refractivity (Wildman–Crippen MR) is 86.4 cm³/mol. The standard InChI is InChI=1S/C17H20N4O2/c1-14-11-16(23-19-14)13-20-7-9-21(10-8-20)17(22)5-4-15-3-2-6-18-12-15/h2-6,11-12H,7-10,13H2,1H3/b5-4+. The van der Waals surface area contributed by atoms with Gasteiger partial charge in [0.05, 0.1) is 12.2 Å². The molecule has 0 aliphatic carbocycles. The fourth-order valence-corrected chi connectivity index (χ4v) is 2.59. The third-order valence-electron chi connectivity index (χ3n) is 3.84. The lowest BCUT2D eigenvalue weighted by Gasteiger charge is -2.33. The van der Waals surface area contributed by atoms with Gasteiger partial charge in [-0.2, -0.15) is 0 Å². The highest BCUT2D eigenvalue weighted by Gasteiger charge is 2.20. The quantitative estimate of drug-likeness (QED) is 0.805. The summed E-state index contributed by atoms with van der Waals surface area (Å²) < 4.78 is 5.24. The first kappa shape index (κ1) is 15.4. The Morgan fingerprint density at radius 1 is 1.35 bits per heavy atom. The Bertz CT molecular complexity index is 673. The minimum absolute atomic E-state index is 0.0454. The van der Waals surface area contributed by atoms with Crippen LogP contribution in [0.3, 0.4) is 0 Å². The van der Waals surface area contributed by atoms with E-state index >= 15 is 0 Å². The fourth-order valence-electron chi connectivity index (χ4n) is 2.59. The number of hydrogen-bond donors (Lipinski definition) is 0. The van der Waals surface area contributed by atoms with E-state index in [0.717, 1.165) is 49.7 Å². The topological polar surface area (TPSA) is 62.5 Å². The zero-order chi connectivity index (χ0) is 16.1. The number of nitrogens with zero attached hydrogens (tertiary/aromatic N) is 4. The van der Waals surface area contributed by atoms with Gasteiger partial charge < -0.3 is 9.42 Å². The minimum atomic E-state index is 0.0454. The zero-order valence-electron chi connectivity index (χ0n) is 13.2. The molecule has 3 heterocycles. The molecule has 2 aromatic heterocycles. The van der Waals surface area contributed by atoms with Gasteiger partial charge >= 0.3 is 0 Å². The summed E-state index contributed by atoms with van der Waals surface area (Å²) in [4.78, 5) is 20.4. The minimum Gasteiger partial charge on any atom is -0.360 e. The number of carbonyl (C=O) groups is 1. The molecule has 0 unspecified atom stereocenters. The summed E-state index contributed by atoms with van der Waals surface area (Å²) in [6.45, 7) is 5.79. The number of piperazine rings is 1. The molecular weight excluding hydrogens is 292 g/mol. The summed E-state index contributed by atoms with van der Waals surface area (Å²) in [5, 5.41) is 3.90. The SMILES string of the molecule is Cc1cc(CN2CCN(C(=O)/C=C/c3cccnc3)CC2)on1. The largest absolute Gasteiger partial charge is 0.360 e. The maximum atomic E-state index is 12.2. The van der Waals surface area contributed by atoms with Gasteiger partial charge in [0.2, 0.25) is 5.91 Å². The van der Waals surface area contributed by atoms with Crippen molar-refractivity contribution in [2.75, 3.05) is 26.2 Å². The van der Waals surface area contributed by atoms with Crippen LogP contribution in [-0.4, -0.2) is 52.0 Å². The first-order valence-electron chi connectivity index (χ1n) is 7.72. The number of amides is 1. The van der Waals surface area contributed by atoms with Crippen LogP contribution in [0.25, 0.3) is 6.08 Å². The van der Waals surface area contributed by atoms with Crippen LogP contribution in [0.5, 0.6) is 0 Å². The van der Waals surface area contributed by atoms with Gasteiger partial charge in [-0.05, 0) is 24.6 Å². The van der Waals surface area contributed by atoms with Crippen LogP contribution in [0.1, 0.15) is 17.0 Å². The van der Waals surface area contributed by atoms with Crippen LogP contribution in [0.2, 0.25) is 0 Å². The first-order chi connectivity index (χ1) is 11.2. The van der Waals surface area contributed by atoms with Crippen molar-refractivity contribution < 1.29 is 9.32 Å². The molecule has 0 radical (unpaired) electrons. The van der Waals surface area contributed by atoms with Gasteiger partial charge in [-0.15, -0.1) is 0 Å². The molecule has 0 saturated carbocycles. The van der Waals surface area contributed by atoms with E-state index in [-0.39, 0.29) is 5.91 Å². The number of aryl methyl sites for hydroxylation is 1. The first-order valence-corrected chi connectivity index (χ1v) is 7.72. The molecule has 1 aliphatic rings. The molecule has 0 spiro atoms. The number of rotatable bonds is 4. The van der Waals surface area contributed by atoms with Crippen molar-refractivity contribution in [1.82, 2.24) is 19.9 Å². The molecule has 120 valence electrons. The Balaban J connectivity index is 1.48. The number of hydrogen-bond acceptors (Lipinski definition) is 5. The molecule has 0 N–H and O–H groups in total. The Morgan fingerprint density at radius 2 is 2.17 bits per heavy atom. The number of carbonyl (C=O) groups excluding carboxylic acids is 1. The van der Waals surface area contributed by atoms with E-state index < -0.39 is 0 Å².